The molecule has 0 aliphatic heterocycles. The summed E-state index contributed by atoms with van der Waals surface area (Å²) in [5, 5.41) is 2.83. The summed E-state index contributed by atoms with van der Waals surface area (Å²) in [6.07, 6.45) is 3.09. The first kappa shape index (κ1) is 13.2. The van der Waals surface area contributed by atoms with Gasteiger partial charge in [0.05, 0.1) is 6.04 Å². The third-order valence-electron chi connectivity index (χ3n) is 2.71. The van der Waals surface area contributed by atoms with Gasteiger partial charge in [0.25, 0.3) is 0 Å². The molecule has 0 saturated carbocycles. The number of carbonyl (C=O) groups excluding carboxylic acids is 1. The van der Waals surface area contributed by atoms with Crippen LogP contribution in [0.4, 0.5) is 0 Å². The highest BCUT2D eigenvalue weighted by Gasteiger charge is 2.10. The maximum absolute atomic E-state index is 11.7. The van der Waals surface area contributed by atoms with Crippen LogP contribution in [0.3, 0.4) is 0 Å². The van der Waals surface area contributed by atoms with Crippen molar-refractivity contribution in [2.45, 2.75) is 26.8 Å². The quantitative estimate of drug-likeness (QED) is 0.856. The van der Waals surface area contributed by atoms with Gasteiger partial charge in [-0.3, -0.25) is 4.79 Å². The molecule has 19 heavy (non-hydrogen) atoms. The van der Waals surface area contributed by atoms with Crippen LogP contribution < -0.4 is 5.32 Å². The summed E-state index contributed by atoms with van der Waals surface area (Å²) in [6.45, 7) is 5.61. The molecule has 100 valence electrons. The maximum atomic E-state index is 11.7. The zero-order valence-electron chi connectivity index (χ0n) is 11.3. The lowest BCUT2D eigenvalue weighted by Gasteiger charge is -2.09. The summed E-state index contributed by atoms with van der Waals surface area (Å²) in [5.74, 6) is 2.87. The van der Waals surface area contributed by atoms with Crippen LogP contribution in [0.5, 0.6) is 0 Å². The normalized spacial score (nSPS) is 12.8. The molecule has 4 nitrogen and oxygen atoms in total. The van der Waals surface area contributed by atoms with Crippen molar-refractivity contribution in [3.05, 3.63) is 53.4 Å². The Morgan fingerprint density at radius 1 is 1.16 bits per heavy atom. The fraction of sp³-hybridized carbons (Fsp3) is 0.267. The standard InChI is InChI=1S/C15H17NO3/c1-10-4-6-13(18-10)7-9-15(17)16-12(3)14-8-5-11(2)19-14/h4-9,12H,1-3H3,(H,16,17)/b9-7+. The SMILES string of the molecule is Cc1ccc(/C=C/C(=O)NC(C)c2ccc(C)o2)o1. The van der Waals surface area contributed by atoms with Gasteiger partial charge in [-0.1, -0.05) is 0 Å². The van der Waals surface area contributed by atoms with Crippen molar-refractivity contribution >= 4 is 12.0 Å². The van der Waals surface area contributed by atoms with Crippen LogP contribution in [0.15, 0.2) is 39.2 Å². The van der Waals surface area contributed by atoms with E-state index in [2.05, 4.69) is 5.32 Å². The third-order valence-corrected chi connectivity index (χ3v) is 2.71. The zero-order chi connectivity index (χ0) is 13.8. The summed E-state index contributed by atoms with van der Waals surface area (Å²) in [4.78, 5) is 11.7. The Hall–Kier alpha value is -2.23. The molecule has 2 rings (SSSR count). The van der Waals surface area contributed by atoms with Gasteiger partial charge in [-0.05, 0) is 51.1 Å². The van der Waals surface area contributed by atoms with Crippen LogP contribution >= 0.6 is 0 Å². The van der Waals surface area contributed by atoms with E-state index in [9.17, 15) is 4.79 Å². The van der Waals surface area contributed by atoms with Crippen molar-refractivity contribution in [3.63, 3.8) is 0 Å². The van der Waals surface area contributed by atoms with E-state index in [0.717, 1.165) is 17.3 Å². The predicted octanol–water partition coefficient (Wildman–Crippen LogP) is 3.38. The van der Waals surface area contributed by atoms with Gasteiger partial charge < -0.3 is 14.2 Å². The Morgan fingerprint density at radius 2 is 1.84 bits per heavy atom. The van der Waals surface area contributed by atoms with Gasteiger partial charge in [-0.15, -0.1) is 0 Å². The Bertz CT molecular complexity index is 592. The van der Waals surface area contributed by atoms with Crippen molar-refractivity contribution in [2.24, 2.45) is 0 Å². The molecule has 0 saturated heterocycles. The number of rotatable bonds is 4. The summed E-state index contributed by atoms with van der Waals surface area (Å²) in [6, 6.07) is 7.24. The van der Waals surface area contributed by atoms with E-state index in [4.69, 9.17) is 8.83 Å². The molecule has 0 aliphatic rings. The fourth-order valence-corrected chi connectivity index (χ4v) is 1.72. The summed E-state index contributed by atoms with van der Waals surface area (Å²) in [5.41, 5.74) is 0. The van der Waals surface area contributed by atoms with E-state index in [0.29, 0.717) is 5.76 Å². The molecule has 4 heteroatoms. The van der Waals surface area contributed by atoms with E-state index >= 15 is 0 Å². The molecule has 2 aromatic heterocycles. The average Bonchev–Trinajstić information content (AvgIpc) is 2.95. The minimum atomic E-state index is -0.185. The maximum Gasteiger partial charge on any atom is 0.244 e. The van der Waals surface area contributed by atoms with Crippen LogP contribution in [0.25, 0.3) is 6.08 Å². The van der Waals surface area contributed by atoms with Gasteiger partial charge in [0.15, 0.2) is 0 Å². The van der Waals surface area contributed by atoms with Crippen molar-refractivity contribution in [1.82, 2.24) is 5.32 Å². The fourth-order valence-electron chi connectivity index (χ4n) is 1.72. The molecule has 0 bridgehead atoms. The Balaban J connectivity index is 1.92. The second-order valence-corrected chi connectivity index (χ2v) is 4.46. The first-order valence-corrected chi connectivity index (χ1v) is 6.16. The molecule has 0 aromatic carbocycles. The highest BCUT2D eigenvalue weighted by molar-refractivity contribution is 5.91. The number of aryl methyl sites for hydroxylation is 2. The van der Waals surface area contributed by atoms with Gasteiger partial charge in [-0.2, -0.15) is 0 Å². The molecular formula is C15H17NO3. The molecule has 1 atom stereocenters. The molecule has 0 fully saturated rings. The predicted molar refractivity (Wildman–Crippen MR) is 72.5 cm³/mol. The number of furan rings is 2. The molecule has 1 unspecified atom stereocenters. The molecule has 0 aliphatic carbocycles. The smallest absolute Gasteiger partial charge is 0.244 e. The number of amides is 1. The van der Waals surface area contributed by atoms with Crippen molar-refractivity contribution in [3.8, 4) is 0 Å². The van der Waals surface area contributed by atoms with Gasteiger partial charge in [0, 0.05) is 6.08 Å². The average molecular weight is 259 g/mol. The highest BCUT2D eigenvalue weighted by Crippen LogP contribution is 2.15. The van der Waals surface area contributed by atoms with Gasteiger partial charge in [0.1, 0.15) is 23.0 Å². The topological polar surface area (TPSA) is 55.4 Å². The van der Waals surface area contributed by atoms with Crippen molar-refractivity contribution in [1.29, 1.82) is 0 Å². The second-order valence-electron chi connectivity index (χ2n) is 4.46. The first-order chi connectivity index (χ1) is 9.04. The summed E-state index contributed by atoms with van der Waals surface area (Å²) < 4.78 is 10.8. The lowest BCUT2D eigenvalue weighted by atomic mass is 10.2. The van der Waals surface area contributed by atoms with E-state index < -0.39 is 0 Å². The molecule has 0 spiro atoms. The van der Waals surface area contributed by atoms with Crippen molar-refractivity contribution < 1.29 is 13.6 Å². The van der Waals surface area contributed by atoms with Crippen molar-refractivity contribution in [2.75, 3.05) is 0 Å². The molecule has 2 aromatic rings. The van der Waals surface area contributed by atoms with E-state index in [1.54, 1.807) is 6.08 Å². The monoisotopic (exact) mass is 259 g/mol. The van der Waals surface area contributed by atoms with Gasteiger partial charge in [-0.25, -0.2) is 0 Å². The first-order valence-electron chi connectivity index (χ1n) is 6.16. The molecule has 2 heterocycles. The number of hydrogen-bond donors (Lipinski definition) is 1. The zero-order valence-corrected chi connectivity index (χ0v) is 11.3. The second kappa shape index (κ2) is 5.61. The third kappa shape index (κ3) is 3.61. The van der Waals surface area contributed by atoms with E-state index in [-0.39, 0.29) is 11.9 Å². The van der Waals surface area contributed by atoms with E-state index in [1.165, 1.54) is 6.08 Å². The minimum absolute atomic E-state index is 0.163. The van der Waals surface area contributed by atoms with Crippen LogP contribution in [-0.2, 0) is 4.79 Å². The Labute approximate surface area is 112 Å². The van der Waals surface area contributed by atoms with Gasteiger partial charge >= 0.3 is 0 Å². The summed E-state index contributed by atoms with van der Waals surface area (Å²) >= 11 is 0. The molecule has 1 amide bonds. The summed E-state index contributed by atoms with van der Waals surface area (Å²) in [7, 11) is 0. The number of hydrogen-bond acceptors (Lipinski definition) is 3. The van der Waals surface area contributed by atoms with Crippen LogP contribution in [0.1, 0.15) is 36.0 Å². The van der Waals surface area contributed by atoms with Gasteiger partial charge in [0.2, 0.25) is 5.91 Å². The lowest BCUT2D eigenvalue weighted by molar-refractivity contribution is -0.117. The molecule has 1 N–H and O–H groups in total. The van der Waals surface area contributed by atoms with Crippen LogP contribution in [-0.4, -0.2) is 5.91 Å². The van der Waals surface area contributed by atoms with E-state index in [1.807, 2.05) is 45.0 Å². The minimum Gasteiger partial charge on any atom is -0.464 e. The molecule has 0 radical (unpaired) electrons. The lowest BCUT2D eigenvalue weighted by Crippen LogP contribution is -2.24. The number of carbonyl (C=O) groups is 1. The Morgan fingerprint density at radius 3 is 2.42 bits per heavy atom. The van der Waals surface area contributed by atoms with Crippen LogP contribution in [0, 0.1) is 13.8 Å². The Kier molecular flexibility index (Phi) is 3.90. The molecular weight excluding hydrogens is 242 g/mol. The number of nitrogens with one attached hydrogen (secondary N) is 1. The largest absolute Gasteiger partial charge is 0.464 e. The highest BCUT2D eigenvalue weighted by atomic mass is 16.3. The van der Waals surface area contributed by atoms with Crippen LogP contribution in [0.2, 0.25) is 0 Å².